The average molecular weight is 421 g/mol. The average Bonchev–Trinajstić information content (AvgIpc) is 2.81. The molecule has 0 saturated carbocycles. The van der Waals surface area contributed by atoms with Crippen LogP contribution >= 0.6 is 0 Å². The van der Waals surface area contributed by atoms with Gasteiger partial charge in [-0.05, 0) is 43.9 Å². The van der Waals surface area contributed by atoms with Crippen LogP contribution in [0.25, 0.3) is 0 Å². The molecule has 2 aromatic rings. The van der Waals surface area contributed by atoms with Crippen LogP contribution in [0.1, 0.15) is 49.0 Å². The van der Waals surface area contributed by atoms with Crippen molar-refractivity contribution in [3.8, 4) is 0 Å². The van der Waals surface area contributed by atoms with Crippen LogP contribution in [0.5, 0.6) is 0 Å². The van der Waals surface area contributed by atoms with Crippen LogP contribution in [-0.2, 0) is 16.0 Å². The smallest absolute Gasteiger partial charge is 0.255 e. The number of hydrogen-bond donors (Lipinski definition) is 0. The lowest BCUT2D eigenvalue weighted by atomic mass is 9.88. The molecular formula is C26H32N2O3. The Labute approximate surface area is 185 Å². The number of Topliss-reactive ketones (excluding diaryl/α,β-unsaturated/α-hetero) is 1. The molecule has 2 fully saturated rings. The second-order valence-electron chi connectivity index (χ2n) is 8.77. The van der Waals surface area contributed by atoms with Gasteiger partial charge in [-0.3, -0.25) is 9.59 Å². The Morgan fingerprint density at radius 2 is 1.74 bits per heavy atom. The largest absolute Gasteiger partial charge is 0.360 e. The lowest BCUT2D eigenvalue weighted by Crippen LogP contribution is -2.61. The molecule has 1 atom stereocenters. The first kappa shape index (κ1) is 21.7. The number of hydrogen-bond acceptors (Lipinski definition) is 4. The van der Waals surface area contributed by atoms with Gasteiger partial charge < -0.3 is 14.5 Å². The minimum absolute atomic E-state index is 0.0456. The van der Waals surface area contributed by atoms with Crippen LogP contribution in [-0.4, -0.2) is 54.5 Å². The standard InChI is InChI=1S/C26H32N2O3/c1-3-24(29)22-11-9-21(10-12-22)13-16-27-17-14-26(15-18-27)19-28(25(30)20(2)31-26)23-7-5-4-6-8-23/h4-12,20H,3,13-19H2,1-2H3. The van der Waals surface area contributed by atoms with Gasteiger partial charge in [0.25, 0.3) is 5.91 Å². The highest BCUT2D eigenvalue weighted by Crippen LogP contribution is 2.35. The Morgan fingerprint density at radius 1 is 1.06 bits per heavy atom. The van der Waals surface area contributed by atoms with Crippen molar-refractivity contribution in [2.75, 3.05) is 31.1 Å². The third-order valence-corrected chi connectivity index (χ3v) is 6.64. The molecule has 2 aromatic carbocycles. The van der Waals surface area contributed by atoms with Gasteiger partial charge in [-0.1, -0.05) is 49.4 Å². The highest BCUT2D eigenvalue weighted by Gasteiger charge is 2.45. The zero-order valence-electron chi connectivity index (χ0n) is 18.5. The molecule has 5 nitrogen and oxygen atoms in total. The number of para-hydroxylation sites is 1. The fourth-order valence-corrected chi connectivity index (χ4v) is 4.68. The summed E-state index contributed by atoms with van der Waals surface area (Å²) in [7, 11) is 0. The third-order valence-electron chi connectivity index (χ3n) is 6.64. The van der Waals surface area contributed by atoms with E-state index in [-0.39, 0.29) is 17.3 Å². The Bertz CT molecular complexity index is 902. The van der Waals surface area contributed by atoms with E-state index in [4.69, 9.17) is 4.74 Å². The minimum atomic E-state index is -0.412. The van der Waals surface area contributed by atoms with Crippen molar-refractivity contribution in [1.82, 2.24) is 4.90 Å². The van der Waals surface area contributed by atoms with E-state index in [1.54, 1.807) is 0 Å². The molecule has 0 bridgehead atoms. The summed E-state index contributed by atoms with van der Waals surface area (Å²) >= 11 is 0. The highest BCUT2D eigenvalue weighted by molar-refractivity contribution is 5.97. The van der Waals surface area contributed by atoms with Gasteiger partial charge in [-0.25, -0.2) is 0 Å². The predicted molar refractivity (Wildman–Crippen MR) is 123 cm³/mol. The summed E-state index contributed by atoms with van der Waals surface area (Å²) in [5.41, 5.74) is 2.75. The van der Waals surface area contributed by atoms with Crippen LogP contribution in [0.2, 0.25) is 0 Å². The maximum absolute atomic E-state index is 12.7. The molecule has 2 aliphatic rings. The van der Waals surface area contributed by atoms with Crippen molar-refractivity contribution in [2.45, 2.75) is 51.2 Å². The fraction of sp³-hybridized carbons (Fsp3) is 0.462. The quantitative estimate of drug-likeness (QED) is 0.660. The van der Waals surface area contributed by atoms with Gasteiger partial charge in [0.15, 0.2) is 5.78 Å². The van der Waals surface area contributed by atoms with E-state index < -0.39 is 6.10 Å². The molecule has 5 heteroatoms. The van der Waals surface area contributed by atoms with Gasteiger partial charge >= 0.3 is 0 Å². The van der Waals surface area contributed by atoms with Crippen molar-refractivity contribution in [3.05, 3.63) is 65.7 Å². The molecule has 0 radical (unpaired) electrons. The summed E-state index contributed by atoms with van der Waals surface area (Å²) in [5, 5.41) is 0. The van der Waals surface area contributed by atoms with E-state index in [9.17, 15) is 9.59 Å². The molecule has 164 valence electrons. The zero-order valence-corrected chi connectivity index (χ0v) is 18.5. The number of likely N-dealkylation sites (tertiary alicyclic amines) is 1. The Kier molecular flexibility index (Phi) is 6.54. The SMILES string of the molecule is CCC(=O)c1ccc(CCN2CCC3(CC2)CN(c2ccccc2)C(=O)C(C)O3)cc1. The van der Waals surface area contributed by atoms with Gasteiger partial charge in [0, 0.05) is 37.3 Å². The highest BCUT2D eigenvalue weighted by atomic mass is 16.5. The molecule has 1 spiro atoms. The lowest BCUT2D eigenvalue weighted by Gasteiger charge is -2.49. The van der Waals surface area contributed by atoms with Gasteiger partial charge in [-0.2, -0.15) is 0 Å². The number of piperidine rings is 1. The Balaban J connectivity index is 1.33. The third kappa shape index (κ3) is 4.89. The molecule has 2 heterocycles. The van der Waals surface area contributed by atoms with E-state index in [1.165, 1.54) is 5.56 Å². The number of amides is 1. The first-order valence-corrected chi connectivity index (χ1v) is 11.4. The number of anilines is 1. The van der Waals surface area contributed by atoms with E-state index in [0.29, 0.717) is 13.0 Å². The van der Waals surface area contributed by atoms with E-state index in [0.717, 1.165) is 50.1 Å². The minimum Gasteiger partial charge on any atom is -0.360 e. The monoisotopic (exact) mass is 420 g/mol. The summed E-state index contributed by atoms with van der Waals surface area (Å²) in [6.07, 6.45) is 2.96. The lowest BCUT2D eigenvalue weighted by molar-refractivity contribution is -0.161. The summed E-state index contributed by atoms with van der Waals surface area (Å²) in [5.74, 6) is 0.238. The van der Waals surface area contributed by atoms with Crippen molar-refractivity contribution < 1.29 is 14.3 Å². The van der Waals surface area contributed by atoms with E-state index >= 15 is 0 Å². The second kappa shape index (κ2) is 9.33. The first-order chi connectivity index (χ1) is 15.0. The molecule has 0 N–H and O–H groups in total. The second-order valence-corrected chi connectivity index (χ2v) is 8.77. The van der Waals surface area contributed by atoms with E-state index in [1.807, 2.05) is 61.2 Å². The molecule has 1 amide bonds. The number of carbonyl (C=O) groups is 2. The maximum atomic E-state index is 12.7. The molecule has 4 rings (SSSR count). The number of benzene rings is 2. The van der Waals surface area contributed by atoms with Gasteiger partial charge in [0.1, 0.15) is 6.10 Å². The molecule has 2 aliphatic heterocycles. The Hall–Kier alpha value is -2.50. The number of rotatable bonds is 6. The normalized spacial score (nSPS) is 21.4. The summed E-state index contributed by atoms with van der Waals surface area (Å²) in [6.45, 7) is 7.32. The number of morpholine rings is 1. The van der Waals surface area contributed by atoms with Crippen LogP contribution < -0.4 is 4.90 Å². The topological polar surface area (TPSA) is 49.9 Å². The number of nitrogens with zero attached hydrogens (tertiary/aromatic N) is 2. The van der Waals surface area contributed by atoms with Crippen molar-refractivity contribution in [1.29, 1.82) is 0 Å². The number of carbonyl (C=O) groups excluding carboxylic acids is 2. The molecule has 2 saturated heterocycles. The summed E-state index contributed by atoms with van der Waals surface area (Å²) < 4.78 is 6.29. The van der Waals surface area contributed by atoms with Crippen LogP contribution in [0.4, 0.5) is 5.69 Å². The molecular weight excluding hydrogens is 388 g/mol. The summed E-state index contributed by atoms with van der Waals surface area (Å²) in [4.78, 5) is 28.9. The predicted octanol–water partition coefficient (Wildman–Crippen LogP) is 4.11. The number of ether oxygens (including phenoxy) is 1. The van der Waals surface area contributed by atoms with Crippen molar-refractivity contribution in [2.24, 2.45) is 0 Å². The van der Waals surface area contributed by atoms with Crippen LogP contribution in [0.3, 0.4) is 0 Å². The molecule has 31 heavy (non-hydrogen) atoms. The zero-order chi connectivity index (χ0) is 21.8. The first-order valence-electron chi connectivity index (χ1n) is 11.4. The molecule has 0 aliphatic carbocycles. The van der Waals surface area contributed by atoms with E-state index in [2.05, 4.69) is 17.0 Å². The Morgan fingerprint density at radius 3 is 2.39 bits per heavy atom. The number of ketones is 1. The van der Waals surface area contributed by atoms with Crippen LogP contribution in [0.15, 0.2) is 54.6 Å². The van der Waals surface area contributed by atoms with Crippen LogP contribution in [0, 0.1) is 0 Å². The van der Waals surface area contributed by atoms with Gasteiger partial charge in [-0.15, -0.1) is 0 Å². The molecule has 1 unspecified atom stereocenters. The van der Waals surface area contributed by atoms with Crippen molar-refractivity contribution in [3.63, 3.8) is 0 Å². The fourth-order valence-electron chi connectivity index (χ4n) is 4.68. The van der Waals surface area contributed by atoms with Gasteiger partial charge in [0.2, 0.25) is 0 Å². The van der Waals surface area contributed by atoms with Gasteiger partial charge in [0.05, 0.1) is 12.1 Å². The summed E-state index contributed by atoms with van der Waals surface area (Å²) in [6, 6.07) is 18.0. The molecule has 0 aromatic heterocycles. The van der Waals surface area contributed by atoms with Crippen molar-refractivity contribution >= 4 is 17.4 Å². The maximum Gasteiger partial charge on any atom is 0.255 e.